The zero-order chi connectivity index (χ0) is 24.3. The molecule has 0 spiro atoms. The number of aryl methyl sites for hydroxylation is 1. The number of carbonyl (C=O) groups excluding carboxylic acids is 2. The van der Waals surface area contributed by atoms with E-state index in [4.69, 9.17) is 9.47 Å². The van der Waals surface area contributed by atoms with Gasteiger partial charge in [0.25, 0.3) is 17.4 Å². The number of carbonyl (C=O) groups is 2. The fourth-order valence-corrected chi connectivity index (χ4v) is 3.76. The molecule has 1 heterocycles. The molecule has 1 aliphatic heterocycles. The number of non-ortho nitro benzene ring substituents is 1. The van der Waals surface area contributed by atoms with Crippen molar-refractivity contribution in [1.82, 2.24) is 4.90 Å². The van der Waals surface area contributed by atoms with Gasteiger partial charge in [-0.25, -0.2) is 0 Å². The molecule has 0 aliphatic carbocycles. The number of ketones is 1. The van der Waals surface area contributed by atoms with E-state index in [0.717, 1.165) is 5.56 Å². The molecule has 0 bridgehead atoms. The van der Waals surface area contributed by atoms with Gasteiger partial charge in [0.05, 0.1) is 29.2 Å². The number of amides is 1. The van der Waals surface area contributed by atoms with Gasteiger partial charge in [-0.15, -0.1) is 0 Å². The molecule has 0 radical (unpaired) electrons. The first-order valence-corrected chi connectivity index (χ1v) is 10.4. The van der Waals surface area contributed by atoms with Crippen LogP contribution in [0.15, 0.2) is 48.0 Å². The SMILES string of the molecule is COCCN1C(=O)C(=O)/C(=C(/O)c2ccc(OC(C)C)c(C)c2)C1c1ccc([N+](=O)[O-])cc1. The molecule has 2 aromatic carbocycles. The van der Waals surface area contributed by atoms with Crippen molar-refractivity contribution < 1.29 is 29.1 Å². The van der Waals surface area contributed by atoms with Gasteiger partial charge in [-0.05, 0) is 62.2 Å². The van der Waals surface area contributed by atoms with Crippen LogP contribution in [0.25, 0.3) is 5.76 Å². The highest BCUT2D eigenvalue weighted by atomic mass is 16.6. The third-order valence-corrected chi connectivity index (χ3v) is 5.31. The van der Waals surface area contributed by atoms with Crippen LogP contribution in [0.3, 0.4) is 0 Å². The first-order chi connectivity index (χ1) is 15.6. The van der Waals surface area contributed by atoms with Crippen molar-refractivity contribution in [2.45, 2.75) is 32.9 Å². The van der Waals surface area contributed by atoms with E-state index in [1.807, 2.05) is 20.8 Å². The highest BCUT2D eigenvalue weighted by molar-refractivity contribution is 6.46. The van der Waals surface area contributed by atoms with Crippen LogP contribution in [0.5, 0.6) is 5.75 Å². The molecule has 1 amide bonds. The Morgan fingerprint density at radius 2 is 1.85 bits per heavy atom. The van der Waals surface area contributed by atoms with Gasteiger partial charge in [0.2, 0.25) is 0 Å². The average molecular weight is 454 g/mol. The Morgan fingerprint density at radius 1 is 1.18 bits per heavy atom. The fourth-order valence-electron chi connectivity index (χ4n) is 3.76. The molecule has 3 rings (SSSR count). The Bertz CT molecular complexity index is 1110. The van der Waals surface area contributed by atoms with Gasteiger partial charge in [-0.1, -0.05) is 0 Å². The van der Waals surface area contributed by atoms with Crippen molar-refractivity contribution in [3.63, 3.8) is 0 Å². The van der Waals surface area contributed by atoms with Crippen LogP contribution in [0.2, 0.25) is 0 Å². The Labute approximate surface area is 191 Å². The molecule has 1 atom stereocenters. The minimum Gasteiger partial charge on any atom is -0.507 e. The van der Waals surface area contributed by atoms with Crippen molar-refractivity contribution in [2.24, 2.45) is 0 Å². The van der Waals surface area contributed by atoms with Gasteiger partial charge in [0.1, 0.15) is 11.5 Å². The summed E-state index contributed by atoms with van der Waals surface area (Å²) in [5.74, 6) is -1.27. The van der Waals surface area contributed by atoms with Crippen LogP contribution in [0.1, 0.15) is 36.6 Å². The minimum atomic E-state index is -0.909. The number of hydrogen-bond donors (Lipinski definition) is 1. The smallest absolute Gasteiger partial charge is 0.295 e. The maximum absolute atomic E-state index is 13.0. The first kappa shape index (κ1) is 23.9. The fraction of sp³-hybridized carbons (Fsp3) is 0.333. The Kier molecular flexibility index (Phi) is 7.13. The summed E-state index contributed by atoms with van der Waals surface area (Å²) >= 11 is 0. The molecule has 33 heavy (non-hydrogen) atoms. The summed E-state index contributed by atoms with van der Waals surface area (Å²) in [6, 6.07) is 9.65. The highest BCUT2D eigenvalue weighted by Gasteiger charge is 2.46. The molecule has 9 nitrogen and oxygen atoms in total. The number of methoxy groups -OCH3 is 1. The van der Waals surface area contributed by atoms with E-state index in [-0.39, 0.29) is 36.3 Å². The first-order valence-electron chi connectivity index (χ1n) is 10.4. The molecule has 174 valence electrons. The van der Waals surface area contributed by atoms with E-state index in [1.165, 1.54) is 36.3 Å². The molecule has 9 heteroatoms. The predicted molar refractivity (Wildman–Crippen MR) is 121 cm³/mol. The van der Waals surface area contributed by atoms with Gasteiger partial charge in [0, 0.05) is 31.4 Å². The van der Waals surface area contributed by atoms with Crippen LogP contribution in [-0.2, 0) is 14.3 Å². The summed E-state index contributed by atoms with van der Waals surface area (Å²) in [6.45, 7) is 5.91. The molecule has 1 saturated heterocycles. The number of rotatable bonds is 8. The summed E-state index contributed by atoms with van der Waals surface area (Å²) in [6.07, 6.45) is -0.0311. The zero-order valence-corrected chi connectivity index (χ0v) is 18.9. The van der Waals surface area contributed by atoms with Crippen LogP contribution in [0, 0.1) is 17.0 Å². The third kappa shape index (κ3) is 4.88. The van der Waals surface area contributed by atoms with E-state index in [9.17, 15) is 24.8 Å². The number of likely N-dealkylation sites (tertiary alicyclic amines) is 1. The lowest BCUT2D eigenvalue weighted by molar-refractivity contribution is -0.384. The molecular formula is C24H26N2O7. The van der Waals surface area contributed by atoms with Crippen LogP contribution >= 0.6 is 0 Å². The lowest BCUT2D eigenvalue weighted by atomic mass is 9.94. The lowest BCUT2D eigenvalue weighted by Crippen LogP contribution is -2.32. The van der Waals surface area contributed by atoms with Gasteiger partial charge < -0.3 is 19.5 Å². The number of nitro benzene ring substituents is 1. The highest BCUT2D eigenvalue weighted by Crippen LogP contribution is 2.40. The van der Waals surface area contributed by atoms with E-state index in [1.54, 1.807) is 18.2 Å². The summed E-state index contributed by atoms with van der Waals surface area (Å²) in [4.78, 5) is 37.6. The van der Waals surface area contributed by atoms with Crippen molar-refractivity contribution >= 4 is 23.1 Å². The van der Waals surface area contributed by atoms with E-state index in [2.05, 4.69) is 0 Å². The van der Waals surface area contributed by atoms with Crippen molar-refractivity contribution in [2.75, 3.05) is 20.3 Å². The van der Waals surface area contributed by atoms with Crippen LogP contribution < -0.4 is 4.74 Å². The van der Waals surface area contributed by atoms with Crippen LogP contribution in [0.4, 0.5) is 5.69 Å². The molecule has 0 saturated carbocycles. The second-order valence-electron chi connectivity index (χ2n) is 7.98. The van der Waals surface area contributed by atoms with Crippen molar-refractivity contribution in [3.05, 3.63) is 74.8 Å². The topological polar surface area (TPSA) is 119 Å². The standard InChI is InChI=1S/C24H26N2O7/c1-14(2)33-19-10-7-17(13-15(19)3)22(27)20-21(16-5-8-18(9-6-16)26(30)31)25(11-12-32-4)24(29)23(20)28/h5-10,13-14,21,27H,11-12H2,1-4H3/b22-20+. The summed E-state index contributed by atoms with van der Waals surface area (Å²) in [5.41, 5.74) is 1.38. The van der Waals surface area contributed by atoms with E-state index < -0.39 is 22.7 Å². The second kappa shape index (κ2) is 9.83. The Hall–Kier alpha value is -3.72. The molecule has 1 fully saturated rings. The monoisotopic (exact) mass is 454 g/mol. The van der Waals surface area contributed by atoms with Gasteiger partial charge in [0.15, 0.2) is 0 Å². The summed E-state index contributed by atoms with van der Waals surface area (Å²) < 4.78 is 10.8. The van der Waals surface area contributed by atoms with Gasteiger partial charge >= 0.3 is 0 Å². The Balaban J connectivity index is 2.12. The van der Waals surface area contributed by atoms with E-state index >= 15 is 0 Å². The maximum atomic E-state index is 13.0. The third-order valence-electron chi connectivity index (χ3n) is 5.31. The number of nitro groups is 1. The van der Waals surface area contributed by atoms with E-state index in [0.29, 0.717) is 16.9 Å². The second-order valence-corrected chi connectivity index (χ2v) is 7.98. The zero-order valence-electron chi connectivity index (χ0n) is 18.9. The van der Waals surface area contributed by atoms with Crippen molar-refractivity contribution in [1.29, 1.82) is 0 Å². The number of benzene rings is 2. The normalized spacial score (nSPS) is 17.6. The average Bonchev–Trinajstić information content (AvgIpc) is 3.03. The minimum absolute atomic E-state index is 0.0311. The summed E-state index contributed by atoms with van der Waals surface area (Å²) in [7, 11) is 1.47. The number of Topliss-reactive ketones (excluding diaryl/α,β-unsaturated/α-hetero) is 1. The molecule has 1 aliphatic rings. The molecule has 2 aromatic rings. The number of aliphatic hydroxyl groups is 1. The number of aliphatic hydroxyl groups excluding tert-OH is 1. The number of ether oxygens (including phenoxy) is 2. The Morgan fingerprint density at radius 3 is 2.39 bits per heavy atom. The predicted octanol–water partition coefficient (Wildman–Crippen LogP) is 3.76. The lowest BCUT2D eigenvalue weighted by Gasteiger charge is -2.25. The van der Waals surface area contributed by atoms with Gasteiger partial charge in [-0.2, -0.15) is 0 Å². The molecule has 1 N–H and O–H groups in total. The van der Waals surface area contributed by atoms with Crippen molar-refractivity contribution in [3.8, 4) is 5.75 Å². The molecule has 1 unspecified atom stereocenters. The number of nitrogens with zero attached hydrogens (tertiary/aromatic N) is 2. The molecular weight excluding hydrogens is 428 g/mol. The maximum Gasteiger partial charge on any atom is 0.295 e. The summed E-state index contributed by atoms with van der Waals surface area (Å²) in [5, 5.41) is 22.2. The van der Waals surface area contributed by atoms with Crippen LogP contribution in [-0.4, -0.2) is 53.0 Å². The van der Waals surface area contributed by atoms with Gasteiger partial charge in [-0.3, -0.25) is 19.7 Å². The largest absolute Gasteiger partial charge is 0.507 e. The number of hydrogen-bond acceptors (Lipinski definition) is 7. The quantitative estimate of drug-likeness (QED) is 0.212. The molecule has 0 aromatic heterocycles.